The fourth-order valence-electron chi connectivity index (χ4n) is 3.56. The minimum Gasteiger partial charge on any atom is -0.490 e. The van der Waals surface area contributed by atoms with E-state index in [-0.39, 0.29) is 0 Å². The molecule has 0 aliphatic carbocycles. The molecule has 0 saturated carbocycles. The Balaban J connectivity index is 1.45. The molecule has 1 aliphatic heterocycles. The number of hydrogen-bond acceptors (Lipinski definition) is 7. The lowest BCUT2D eigenvalue weighted by atomic mass is 10.1. The third-order valence-corrected chi connectivity index (χ3v) is 5.10. The van der Waals surface area contributed by atoms with Crippen LogP contribution in [0.15, 0.2) is 42.5 Å². The number of hydrogen-bond donors (Lipinski definition) is 2. The van der Waals surface area contributed by atoms with Gasteiger partial charge in [-0.15, -0.1) is 0 Å². The first kappa shape index (κ1) is 21.9. The van der Waals surface area contributed by atoms with Gasteiger partial charge in [-0.25, -0.2) is 4.79 Å². The van der Waals surface area contributed by atoms with Crippen molar-refractivity contribution < 1.29 is 24.4 Å². The van der Waals surface area contributed by atoms with E-state index in [1.54, 1.807) is 6.92 Å². The molecule has 0 spiro atoms. The van der Waals surface area contributed by atoms with Gasteiger partial charge in [0, 0.05) is 31.8 Å². The molecule has 1 heterocycles. The number of aryl methyl sites for hydroxylation is 1. The van der Waals surface area contributed by atoms with Crippen molar-refractivity contribution in [1.82, 2.24) is 0 Å². The van der Waals surface area contributed by atoms with Crippen LogP contribution in [0.3, 0.4) is 0 Å². The number of benzene rings is 2. The van der Waals surface area contributed by atoms with Crippen LogP contribution in [0.2, 0.25) is 0 Å². The first-order valence-electron chi connectivity index (χ1n) is 10.4. The quantitative estimate of drug-likeness (QED) is 0.349. The van der Waals surface area contributed by atoms with Gasteiger partial charge in [0.1, 0.15) is 12.4 Å². The Kier molecular flexibility index (Phi) is 7.93. The van der Waals surface area contributed by atoms with Crippen LogP contribution in [-0.2, 0) is 20.8 Å². The Labute approximate surface area is 177 Å². The number of carbonyl (C=O) groups is 1. The summed E-state index contributed by atoms with van der Waals surface area (Å²) in [6.07, 6.45) is 0.548. The highest BCUT2D eigenvalue weighted by Gasteiger charge is 2.21. The zero-order valence-corrected chi connectivity index (χ0v) is 17.6. The molecular weight excluding hydrogens is 384 g/mol. The van der Waals surface area contributed by atoms with Gasteiger partial charge in [0.15, 0.2) is 6.10 Å². The molecule has 0 fully saturated rings. The standard InChI is InChI=1S/C23H30N2O5/c1-3-28-22(23(26)30-27)16-18-6-8-19(9-7-18)24-11-4-12-25-13-14-29-21-15-17(2)5-10-20(21)25/h5-10,15,22,24,27H,3-4,11-14,16H2,1-2H3. The predicted octanol–water partition coefficient (Wildman–Crippen LogP) is 3.66. The van der Waals surface area contributed by atoms with Gasteiger partial charge >= 0.3 is 5.97 Å². The van der Waals surface area contributed by atoms with Gasteiger partial charge in [-0.1, -0.05) is 18.2 Å². The summed E-state index contributed by atoms with van der Waals surface area (Å²) in [5, 5.41) is 12.0. The van der Waals surface area contributed by atoms with Gasteiger partial charge in [0.2, 0.25) is 0 Å². The van der Waals surface area contributed by atoms with Gasteiger partial charge < -0.3 is 19.7 Å². The van der Waals surface area contributed by atoms with E-state index in [2.05, 4.69) is 40.2 Å². The molecule has 30 heavy (non-hydrogen) atoms. The third-order valence-electron chi connectivity index (χ3n) is 5.10. The van der Waals surface area contributed by atoms with Crippen molar-refractivity contribution in [3.8, 4) is 5.75 Å². The lowest BCUT2D eigenvalue weighted by Gasteiger charge is -2.31. The summed E-state index contributed by atoms with van der Waals surface area (Å²) in [5.41, 5.74) is 4.34. The van der Waals surface area contributed by atoms with Crippen LogP contribution in [0.4, 0.5) is 11.4 Å². The average molecular weight is 415 g/mol. The molecule has 0 saturated heterocycles. The second-order valence-electron chi connectivity index (χ2n) is 7.34. The predicted molar refractivity (Wildman–Crippen MR) is 116 cm³/mol. The smallest absolute Gasteiger partial charge is 0.370 e. The molecule has 7 heteroatoms. The molecule has 2 N–H and O–H groups in total. The van der Waals surface area contributed by atoms with E-state index < -0.39 is 12.1 Å². The van der Waals surface area contributed by atoms with Crippen LogP contribution in [0, 0.1) is 6.92 Å². The molecule has 0 aromatic heterocycles. The van der Waals surface area contributed by atoms with Crippen LogP contribution in [-0.4, -0.2) is 50.2 Å². The molecule has 3 rings (SSSR count). The number of nitrogens with one attached hydrogen (secondary N) is 1. The molecule has 7 nitrogen and oxygen atoms in total. The number of carbonyl (C=O) groups excluding carboxylic acids is 1. The van der Waals surface area contributed by atoms with Crippen LogP contribution < -0.4 is 15.0 Å². The number of fused-ring (bicyclic) bond motifs is 1. The fraction of sp³-hybridized carbons (Fsp3) is 0.435. The van der Waals surface area contributed by atoms with Crippen molar-refractivity contribution in [2.24, 2.45) is 0 Å². The van der Waals surface area contributed by atoms with Crippen molar-refractivity contribution in [2.45, 2.75) is 32.8 Å². The van der Waals surface area contributed by atoms with Gasteiger partial charge in [-0.3, -0.25) is 4.89 Å². The second kappa shape index (κ2) is 10.8. The molecule has 2 aromatic carbocycles. The van der Waals surface area contributed by atoms with E-state index in [1.807, 2.05) is 24.3 Å². The summed E-state index contributed by atoms with van der Waals surface area (Å²) < 4.78 is 11.1. The Morgan fingerprint density at radius 2 is 2.07 bits per heavy atom. The molecule has 162 valence electrons. The summed E-state index contributed by atoms with van der Waals surface area (Å²) >= 11 is 0. The van der Waals surface area contributed by atoms with Crippen molar-refractivity contribution in [3.05, 3.63) is 53.6 Å². The molecule has 1 aliphatic rings. The normalized spacial score (nSPS) is 13.9. The van der Waals surface area contributed by atoms with Crippen LogP contribution in [0.1, 0.15) is 24.5 Å². The summed E-state index contributed by atoms with van der Waals surface area (Å²) in [6.45, 7) is 7.68. The maximum absolute atomic E-state index is 11.6. The van der Waals surface area contributed by atoms with E-state index in [1.165, 1.54) is 11.3 Å². The zero-order chi connectivity index (χ0) is 21.3. The number of anilines is 2. The Bertz CT molecular complexity index is 825. The topological polar surface area (TPSA) is 80.3 Å². The summed E-state index contributed by atoms with van der Waals surface area (Å²) in [4.78, 5) is 17.7. The van der Waals surface area contributed by atoms with Crippen molar-refractivity contribution in [2.75, 3.05) is 43.1 Å². The van der Waals surface area contributed by atoms with Crippen molar-refractivity contribution in [1.29, 1.82) is 0 Å². The van der Waals surface area contributed by atoms with Gasteiger partial charge in [-0.05, 0) is 55.7 Å². The molecule has 0 radical (unpaired) electrons. The SMILES string of the molecule is CCOC(Cc1ccc(NCCCN2CCOc3cc(C)ccc32)cc1)C(=O)OO. The van der Waals surface area contributed by atoms with Crippen molar-refractivity contribution >= 4 is 17.3 Å². The largest absolute Gasteiger partial charge is 0.490 e. The maximum Gasteiger partial charge on any atom is 0.370 e. The maximum atomic E-state index is 11.6. The molecule has 1 unspecified atom stereocenters. The number of ether oxygens (including phenoxy) is 2. The minimum absolute atomic E-state index is 0.351. The molecule has 2 aromatic rings. The average Bonchev–Trinajstić information content (AvgIpc) is 2.76. The van der Waals surface area contributed by atoms with E-state index in [4.69, 9.17) is 14.7 Å². The zero-order valence-electron chi connectivity index (χ0n) is 17.6. The van der Waals surface area contributed by atoms with Crippen LogP contribution >= 0.6 is 0 Å². The van der Waals surface area contributed by atoms with Gasteiger partial charge in [0.05, 0.1) is 12.2 Å². The van der Waals surface area contributed by atoms with E-state index in [0.29, 0.717) is 13.0 Å². The molecule has 1 atom stereocenters. The minimum atomic E-state index is -0.806. The molecular formula is C23H30N2O5. The highest BCUT2D eigenvalue weighted by Crippen LogP contribution is 2.32. The molecule has 0 bridgehead atoms. The Morgan fingerprint density at radius 1 is 1.27 bits per heavy atom. The third kappa shape index (κ3) is 5.87. The fourth-order valence-corrected chi connectivity index (χ4v) is 3.56. The molecule has 0 amide bonds. The van der Waals surface area contributed by atoms with E-state index in [9.17, 15) is 4.79 Å². The summed E-state index contributed by atoms with van der Waals surface area (Å²) in [6, 6.07) is 14.2. The number of nitrogens with zero attached hydrogens (tertiary/aromatic N) is 1. The lowest BCUT2D eigenvalue weighted by molar-refractivity contribution is -0.244. The van der Waals surface area contributed by atoms with Crippen LogP contribution in [0.5, 0.6) is 5.75 Å². The first-order chi connectivity index (χ1) is 14.6. The number of rotatable bonds is 10. The summed E-state index contributed by atoms with van der Waals surface area (Å²) in [7, 11) is 0. The van der Waals surface area contributed by atoms with Gasteiger partial charge in [-0.2, -0.15) is 5.26 Å². The first-order valence-corrected chi connectivity index (χ1v) is 10.4. The van der Waals surface area contributed by atoms with Crippen LogP contribution in [0.25, 0.3) is 0 Å². The summed E-state index contributed by atoms with van der Waals surface area (Å²) in [5.74, 6) is 0.194. The highest BCUT2D eigenvalue weighted by molar-refractivity contribution is 5.74. The second-order valence-corrected chi connectivity index (χ2v) is 7.34. The highest BCUT2D eigenvalue weighted by atomic mass is 17.1. The Morgan fingerprint density at radius 3 is 2.80 bits per heavy atom. The van der Waals surface area contributed by atoms with Gasteiger partial charge in [0.25, 0.3) is 0 Å². The monoisotopic (exact) mass is 414 g/mol. The van der Waals surface area contributed by atoms with Crippen molar-refractivity contribution in [3.63, 3.8) is 0 Å². The lowest BCUT2D eigenvalue weighted by Crippen LogP contribution is -2.34. The Hall–Kier alpha value is -2.77. The van der Waals surface area contributed by atoms with E-state index >= 15 is 0 Å². The van der Waals surface area contributed by atoms with E-state index in [0.717, 1.165) is 49.7 Å².